The number of esters is 1. The van der Waals surface area contributed by atoms with E-state index in [1.54, 1.807) is 6.20 Å². The van der Waals surface area contributed by atoms with Crippen LogP contribution < -0.4 is 0 Å². The quantitative estimate of drug-likeness (QED) is 0.782. The summed E-state index contributed by atoms with van der Waals surface area (Å²) in [6.45, 7) is 2.14. The third kappa shape index (κ3) is 2.23. The number of carbonyl (C=O) groups excluding carboxylic acids is 1. The second-order valence-electron chi connectivity index (χ2n) is 5.48. The lowest BCUT2D eigenvalue weighted by Gasteiger charge is -2.47. The summed E-state index contributed by atoms with van der Waals surface area (Å²) in [6, 6.07) is 15.7. The monoisotopic (exact) mass is 281 g/mol. The average Bonchev–Trinajstić information content (AvgIpc) is 2.55. The van der Waals surface area contributed by atoms with Crippen LogP contribution in [0.25, 0.3) is 0 Å². The van der Waals surface area contributed by atoms with Crippen LogP contribution >= 0.6 is 0 Å². The van der Waals surface area contributed by atoms with Gasteiger partial charge in [-0.1, -0.05) is 56.2 Å². The van der Waals surface area contributed by atoms with Crippen molar-refractivity contribution in [1.29, 1.82) is 0 Å². The highest BCUT2D eigenvalue weighted by molar-refractivity contribution is 5.89. The second-order valence-corrected chi connectivity index (χ2v) is 5.48. The van der Waals surface area contributed by atoms with Crippen molar-refractivity contribution in [3.8, 4) is 0 Å². The van der Waals surface area contributed by atoms with E-state index in [1.807, 2.05) is 48.5 Å². The minimum atomic E-state index is -0.578. The number of carbonyl (C=O) groups is 1. The maximum Gasteiger partial charge on any atom is 0.321 e. The number of rotatable bonds is 5. The molecule has 1 aromatic heterocycles. The minimum absolute atomic E-state index is 0.127. The van der Waals surface area contributed by atoms with E-state index in [0.717, 1.165) is 30.5 Å². The van der Waals surface area contributed by atoms with Gasteiger partial charge in [0.05, 0.1) is 5.69 Å². The molecule has 1 aliphatic heterocycles. The van der Waals surface area contributed by atoms with Crippen molar-refractivity contribution in [1.82, 2.24) is 4.98 Å². The third-order valence-electron chi connectivity index (χ3n) is 4.21. The van der Waals surface area contributed by atoms with Gasteiger partial charge in [-0.25, -0.2) is 0 Å². The molecule has 1 saturated heterocycles. The molecule has 2 heterocycles. The molecule has 108 valence electrons. The molecule has 2 atom stereocenters. The highest BCUT2D eigenvalue weighted by Gasteiger charge is 2.59. The van der Waals surface area contributed by atoms with Gasteiger partial charge in [-0.2, -0.15) is 0 Å². The third-order valence-corrected chi connectivity index (χ3v) is 4.21. The van der Waals surface area contributed by atoms with Crippen LogP contribution in [0.3, 0.4) is 0 Å². The molecular formula is C18H19NO2. The molecule has 0 radical (unpaired) electrons. The van der Waals surface area contributed by atoms with Gasteiger partial charge in [0.25, 0.3) is 0 Å². The Kier molecular flexibility index (Phi) is 3.74. The molecule has 0 unspecified atom stereocenters. The Morgan fingerprint density at radius 2 is 1.90 bits per heavy atom. The zero-order valence-electron chi connectivity index (χ0n) is 12.2. The van der Waals surface area contributed by atoms with Gasteiger partial charge >= 0.3 is 5.97 Å². The second kappa shape index (κ2) is 5.68. The number of nitrogens with zero attached hydrogens (tertiary/aromatic N) is 1. The van der Waals surface area contributed by atoms with E-state index >= 15 is 0 Å². The van der Waals surface area contributed by atoms with Crippen molar-refractivity contribution in [2.24, 2.45) is 0 Å². The van der Waals surface area contributed by atoms with Crippen molar-refractivity contribution in [2.45, 2.75) is 37.7 Å². The van der Waals surface area contributed by atoms with Gasteiger partial charge in [-0.05, 0) is 24.1 Å². The average molecular weight is 281 g/mol. The van der Waals surface area contributed by atoms with Gasteiger partial charge in [0.1, 0.15) is 5.41 Å². The Hall–Kier alpha value is -2.16. The molecule has 21 heavy (non-hydrogen) atoms. The first kappa shape index (κ1) is 13.8. The lowest BCUT2D eigenvalue weighted by molar-refractivity contribution is -0.194. The van der Waals surface area contributed by atoms with E-state index in [0.29, 0.717) is 0 Å². The highest BCUT2D eigenvalue weighted by Crippen LogP contribution is 2.52. The van der Waals surface area contributed by atoms with Crippen LogP contribution in [0, 0.1) is 0 Å². The van der Waals surface area contributed by atoms with E-state index in [2.05, 4.69) is 11.9 Å². The maximum atomic E-state index is 12.4. The minimum Gasteiger partial charge on any atom is -0.453 e. The highest BCUT2D eigenvalue weighted by atomic mass is 16.6. The van der Waals surface area contributed by atoms with Gasteiger partial charge in [0.15, 0.2) is 6.10 Å². The van der Waals surface area contributed by atoms with E-state index in [-0.39, 0.29) is 12.1 Å². The Morgan fingerprint density at radius 1 is 1.14 bits per heavy atom. The smallest absolute Gasteiger partial charge is 0.321 e. The fraction of sp³-hybridized carbons (Fsp3) is 0.333. The standard InChI is InChI=1S/C18H19NO2/c1-2-3-12-18(14-9-5-4-6-10-14)16(21-17(18)20)15-11-7-8-13-19-15/h4-11,13,16H,2-3,12H2,1H3/t16-,18+/m1/s1. The molecule has 0 spiro atoms. The summed E-state index contributed by atoms with van der Waals surface area (Å²) in [7, 11) is 0. The molecule has 0 saturated carbocycles. The van der Waals surface area contributed by atoms with E-state index in [9.17, 15) is 4.79 Å². The molecule has 2 aromatic rings. The Morgan fingerprint density at radius 3 is 2.52 bits per heavy atom. The summed E-state index contributed by atoms with van der Waals surface area (Å²) < 4.78 is 5.49. The number of hydrogen-bond donors (Lipinski definition) is 0. The van der Waals surface area contributed by atoms with E-state index in [1.165, 1.54) is 0 Å². The number of pyridine rings is 1. The summed E-state index contributed by atoms with van der Waals surface area (Å²) in [5.41, 5.74) is 1.29. The first-order valence-electron chi connectivity index (χ1n) is 7.46. The van der Waals surface area contributed by atoms with Crippen molar-refractivity contribution in [2.75, 3.05) is 0 Å². The topological polar surface area (TPSA) is 39.2 Å². The molecule has 0 N–H and O–H groups in total. The number of unbranched alkanes of at least 4 members (excludes halogenated alkanes) is 1. The predicted octanol–water partition coefficient (Wildman–Crippen LogP) is 3.81. The van der Waals surface area contributed by atoms with Crippen LogP contribution in [0.1, 0.15) is 43.5 Å². The SMILES string of the molecule is CCCC[C@@]1(c2ccccc2)C(=O)O[C@@H]1c1ccccn1. The van der Waals surface area contributed by atoms with Gasteiger partial charge in [-0.15, -0.1) is 0 Å². The Bertz CT molecular complexity index is 612. The summed E-state index contributed by atoms with van der Waals surface area (Å²) in [4.78, 5) is 16.8. The normalized spacial score (nSPS) is 24.2. The molecule has 1 fully saturated rings. The lowest BCUT2D eigenvalue weighted by atomic mass is 9.67. The Labute approximate surface area is 125 Å². The van der Waals surface area contributed by atoms with Gasteiger partial charge in [-0.3, -0.25) is 9.78 Å². The maximum absolute atomic E-state index is 12.4. The molecule has 1 aliphatic rings. The number of cyclic esters (lactones) is 1. The number of hydrogen-bond acceptors (Lipinski definition) is 3. The molecule has 3 nitrogen and oxygen atoms in total. The van der Waals surface area contributed by atoms with Gasteiger partial charge in [0, 0.05) is 6.20 Å². The van der Waals surface area contributed by atoms with Crippen molar-refractivity contribution < 1.29 is 9.53 Å². The molecule has 0 bridgehead atoms. The fourth-order valence-electron chi connectivity index (χ4n) is 3.04. The van der Waals surface area contributed by atoms with Crippen LogP contribution in [0.2, 0.25) is 0 Å². The number of aromatic nitrogens is 1. The van der Waals surface area contributed by atoms with Crippen molar-refractivity contribution in [3.63, 3.8) is 0 Å². The van der Waals surface area contributed by atoms with Crippen LogP contribution in [0.4, 0.5) is 0 Å². The van der Waals surface area contributed by atoms with E-state index < -0.39 is 5.41 Å². The van der Waals surface area contributed by atoms with Crippen LogP contribution in [-0.2, 0) is 14.9 Å². The van der Waals surface area contributed by atoms with Crippen LogP contribution in [-0.4, -0.2) is 11.0 Å². The predicted molar refractivity (Wildman–Crippen MR) is 80.7 cm³/mol. The molecular weight excluding hydrogens is 262 g/mol. The first-order valence-corrected chi connectivity index (χ1v) is 7.46. The summed E-state index contributed by atoms with van der Waals surface area (Å²) in [6.07, 6.45) is 4.31. The zero-order valence-corrected chi connectivity index (χ0v) is 12.2. The fourth-order valence-corrected chi connectivity index (χ4v) is 3.04. The molecule has 3 heteroatoms. The molecule has 3 rings (SSSR count). The zero-order chi connectivity index (χ0) is 14.7. The largest absolute Gasteiger partial charge is 0.453 e. The lowest BCUT2D eigenvalue weighted by Crippen LogP contribution is -2.54. The number of ether oxygens (including phenoxy) is 1. The Balaban J connectivity index is 2.03. The van der Waals surface area contributed by atoms with E-state index in [4.69, 9.17) is 4.74 Å². The summed E-state index contributed by atoms with van der Waals surface area (Å²) in [5, 5.41) is 0. The first-order chi connectivity index (χ1) is 10.3. The molecule has 1 aromatic carbocycles. The van der Waals surface area contributed by atoms with Gasteiger partial charge in [0.2, 0.25) is 0 Å². The van der Waals surface area contributed by atoms with Gasteiger partial charge < -0.3 is 4.74 Å². The summed E-state index contributed by atoms with van der Waals surface area (Å²) >= 11 is 0. The van der Waals surface area contributed by atoms with Crippen LogP contribution in [0.5, 0.6) is 0 Å². The van der Waals surface area contributed by atoms with Crippen molar-refractivity contribution in [3.05, 3.63) is 66.0 Å². The molecule has 0 aliphatic carbocycles. The number of benzene rings is 1. The van der Waals surface area contributed by atoms with Crippen LogP contribution in [0.15, 0.2) is 54.7 Å². The molecule has 0 amide bonds. The summed E-state index contributed by atoms with van der Waals surface area (Å²) in [5.74, 6) is -0.127. The van der Waals surface area contributed by atoms with Crippen molar-refractivity contribution >= 4 is 5.97 Å².